The number of nitrogens with zero attached hydrogens (tertiary/aromatic N) is 3. The maximum Gasteiger partial charge on any atom is 0.187 e. The molecule has 0 aliphatic heterocycles. The van der Waals surface area contributed by atoms with Crippen LogP contribution in [0.2, 0.25) is 0 Å². The van der Waals surface area contributed by atoms with Crippen molar-refractivity contribution in [2.75, 3.05) is 0 Å². The third-order valence-corrected chi connectivity index (χ3v) is 1.31. The van der Waals surface area contributed by atoms with Gasteiger partial charge < -0.3 is 0 Å². The fourth-order valence-corrected chi connectivity index (χ4v) is 0.836. The number of carbonyl (C=O) groups excluding carboxylic acids is 1. The van der Waals surface area contributed by atoms with Crippen LogP contribution < -0.4 is 0 Å². The molecule has 0 saturated heterocycles. The van der Waals surface area contributed by atoms with E-state index in [-0.39, 0.29) is 0 Å². The molecule has 0 atom stereocenters. The van der Waals surface area contributed by atoms with E-state index in [1.54, 1.807) is 16.8 Å². The van der Waals surface area contributed by atoms with Gasteiger partial charge in [-0.25, -0.2) is 4.52 Å². The van der Waals surface area contributed by atoms with Gasteiger partial charge in [-0.2, -0.15) is 5.21 Å². The van der Waals surface area contributed by atoms with E-state index < -0.39 is 0 Å². The van der Waals surface area contributed by atoms with E-state index in [9.17, 15) is 4.79 Å². The number of aromatic amines is 1. The van der Waals surface area contributed by atoms with E-state index in [0.29, 0.717) is 11.2 Å². The average Bonchev–Trinajstić information content (AvgIpc) is 2.44. The third-order valence-electron chi connectivity index (χ3n) is 1.31. The highest BCUT2D eigenvalue weighted by Gasteiger charge is 2.01. The van der Waals surface area contributed by atoms with Crippen LogP contribution in [0, 0.1) is 0 Å². The number of carbonyl (C=O) groups is 1. The highest BCUT2D eigenvalue weighted by molar-refractivity contribution is 5.83. The molecule has 0 aromatic carbocycles. The fourth-order valence-electron chi connectivity index (χ4n) is 0.836. The zero-order valence-corrected chi connectivity index (χ0v) is 4.98. The van der Waals surface area contributed by atoms with Crippen LogP contribution in [0.1, 0.15) is 10.4 Å². The van der Waals surface area contributed by atoms with E-state index in [1.807, 2.05) is 0 Å². The number of H-pyrrole nitrogens is 1. The number of tetrazole rings is 1. The summed E-state index contributed by atoms with van der Waals surface area (Å²) in [6.07, 6.45) is 2.44. The molecule has 0 radical (unpaired) electrons. The molecule has 0 spiro atoms. The Morgan fingerprint density at radius 2 is 2.60 bits per heavy atom. The van der Waals surface area contributed by atoms with Crippen LogP contribution in [0.15, 0.2) is 12.3 Å². The standard InChI is InChI=1S/C5H4N4O/c10-3-4-1-2-9-5(4)6-7-8-9/h1-3H,(H,6,8). The first-order chi connectivity index (χ1) is 4.92. The minimum Gasteiger partial charge on any atom is -0.298 e. The monoisotopic (exact) mass is 136 g/mol. The number of fused-ring (bicyclic) bond motifs is 1. The summed E-state index contributed by atoms with van der Waals surface area (Å²) in [5, 5.41) is 9.75. The maximum atomic E-state index is 10.3. The summed E-state index contributed by atoms with van der Waals surface area (Å²) in [7, 11) is 0. The first-order valence-corrected chi connectivity index (χ1v) is 2.75. The quantitative estimate of drug-likeness (QED) is 0.555. The second-order valence-electron chi connectivity index (χ2n) is 1.88. The number of nitrogens with one attached hydrogen (secondary N) is 1. The van der Waals surface area contributed by atoms with Gasteiger partial charge in [-0.1, -0.05) is 5.21 Å². The van der Waals surface area contributed by atoms with Gasteiger partial charge in [-0.15, -0.1) is 5.10 Å². The minimum atomic E-state index is 0.550. The van der Waals surface area contributed by atoms with E-state index in [1.165, 1.54) is 0 Å². The second-order valence-corrected chi connectivity index (χ2v) is 1.88. The molecule has 0 aliphatic rings. The van der Waals surface area contributed by atoms with Gasteiger partial charge in [0.05, 0.1) is 5.56 Å². The molecule has 0 aliphatic carbocycles. The Morgan fingerprint density at radius 1 is 1.70 bits per heavy atom. The van der Waals surface area contributed by atoms with Crippen LogP contribution in [-0.4, -0.2) is 26.3 Å². The summed E-state index contributed by atoms with van der Waals surface area (Å²) in [6.45, 7) is 0. The van der Waals surface area contributed by atoms with Crippen molar-refractivity contribution in [1.29, 1.82) is 0 Å². The number of aldehydes is 1. The van der Waals surface area contributed by atoms with Gasteiger partial charge in [0, 0.05) is 6.20 Å². The number of hydrogen-bond donors (Lipinski definition) is 1. The van der Waals surface area contributed by atoms with Gasteiger partial charge in [0.1, 0.15) is 0 Å². The van der Waals surface area contributed by atoms with E-state index >= 15 is 0 Å². The van der Waals surface area contributed by atoms with Crippen LogP contribution in [0.3, 0.4) is 0 Å². The first kappa shape index (κ1) is 5.16. The Balaban J connectivity index is 2.88. The summed E-state index contributed by atoms with van der Waals surface area (Å²) >= 11 is 0. The Kier molecular flexibility index (Phi) is 0.858. The van der Waals surface area contributed by atoms with Crippen LogP contribution in [0.25, 0.3) is 5.65 Å². The topological polar surface area (TPSA) is 63.0 Å². The molecule has 2 aromatic heterocycles. The number of rotatable bonds is 1. The number of aromatic nitrogens is 4. The lowest BCUT2D eigenvalue weighted by atomic mass is 10.4. The van der Waals surface area contributed by atoms with Crippen molar-refractivity contribution in [3.63, 3.8) is 0 Å². The van der Waals surface area contributed by atoms with Gasteiger partial charge in [-0.3, -0.25) is 4.79 Å². The molecule has 0 saturated carbocycles. The first-order valence-electron chi connectivity index (χ1n) is 2.75. The predicted octanol–water partition coefficient (Wildman–Crippen LogP) is -0.130. The molecular formula is C5H4N4O. The lowest BCUT2D eigenvalue weighted by molar-refractivity contribution is 0.112. The van der Waals surface area contributed by atoms with Gasteiger partial charge in [0.25, 0.3) is 0 Å². The third kappa shape index (κ3) is 0.485. The summed E-state index contributed by atoms with van der Waals surface area (Å²) in [5.74, 6) is 0. The summed E-state index contributed by atoms with van der Waals surface area (Å²) in [6, 6.07) is 1.67. The van der Waals surface area contributed by atoms with Gasteiger partial charge in [0.2, 0.25) is 0 Å². The average molecular weight is 136 g/mol. The number of hydrogen-bond acceptors (Lipinski definition) is 3. The van der Waals surface area contributed by atoms with Crippen molar-refractivity contribution in [3.05, 3.63) is 17.8 Å². The maximum absolute atomic E-state index is 10.3. The molecule has 2 aromatic rings. The smallest absolute Gasteiger partial charge is 0.187 e. The van der Waals surface area contributed by atoms with Crippen molar-refractivity contribution in [3.8, 4) is 0 Å². The molecule has 0 bridgehead atoms. The second kappa shape index (κ2) is 1.66. The SMILES string of the molecule is O=Cc1ccn2[nH]nnc12. The lowest BCUT2D eigenvalue weighted by Crippen LogP contribution is -1.79. The lowest BCUT2D eigenvalue weighted by Gasteiger charge is -1.75. The minimum absolute atomic E-state index is 0.550. The van der Waals surface area contributed by atoms with Crippen molar-refractivity contribution in [2.24, 2.45) is 0 Å². The normalized spacial score (nSPS) is 10.4. The molecule has 1 N–H and O–H groups in total. The predicted molar refractivity (Wildman–Crippen MR) is 32.7 cm³/mol. The van der Waals surface area contributed by atoms with E-state index in [0.717, 1.165) is 6.29 Å². The van der Waals surface area contributed by atoms with Crippen molar-refractivity contribution in [2.45, 2.75) is 0 Å². The van der Waals surface area contributed by atoms with Gasteiger partial charge in [-0.05, 0) is 6.07 Å². The molecular weight excluding hydrogens is 132 g/mol. The molecule has 5 heteroatoms. The Labute approximate surface area is 55.6 Å². The molecule has 0 fully saturated rings. The van der Waals surface area contributed by atoms with Crippen LogP contribution in [-0.2, 0) is 0 Å². The largest absolute Gasteiger partial charge is 0.298 e. The summed E-state index contributed by atoms with van der Waals surface area (Å²) < 4.78 is 1.57. The van der Waals surface area contributed by atoms with Gasteiger partial charge >= 0.3 is 0 Å². The van der Waals surface area contributed by atoms with E-state index in [2.05, 4.69) is 15.5 Å². The van der Waals surface area contributed by atoms with Crippen molar-refractivity contribution in [1.82, 2.24) is 20.0 Å². The highest BCUT2D eigenvalue weighted by atomic mass is 16.1. The van der Waals surface area contributed by atoms with Crippen LogP contribution >= 0.6 is 0 Å². The zero-order chi connectivity index (χ0) is 6.97. The molecule has 50 valence electrons. The molecule has 2 rings (SSSR count). The molecule has 0 unspecified atom stereocenters. The summed E-state index contributed by atoms with van der Waals surface area (Å²) in [4.78, 5) is 10.3. The van der Waals surface area contributed by atoms with E-state index in [4.69, 9.17) is 0 Å². The zero-order valence-electron chi connectivity index (χ0n) is 4.98. The summed E-state index contributed by atoms with van der Waals surface area (Å²) in [5.41, 5.74) is 1.11. The van der Waals surface area contributed by atoms with Crippen molar-refractivity contribution < 1.29 is 4.79 Å². The van der Waals surface area contributed by atoms with Crippen molar-refractivity contribution >= 4 is 11.9 Å². The Hall–Kier alpha value is -1.65. The Bertz CT molecular complexity index is 360. The van der Waals surface area contributed by atoms with Crippen LogP contribution in [0.5, 0.6) is 0 Å². The molecule has 10 heavy (non-hydrogen) atoms. The molecule has 0 amide bonds. The molecule has 5 nitrogen and oxygen atoms in total. The Morgan fingerprint density at radius 3 is 3.40 bits per heavy atom. The fraction of sp³-hybridized carbons (Fsp3) is 0. The van der Waals surface area contributed by atoms with Crippen LogP contribution in [0.4, 0.5) is 0 Å². The van der Waals surface area contributed by atoms with Gasteiger partial charge in [0.15, 0.2) is 11.9 Å². The molecule has 2 heterocycles. The highest BCUT2D eigenvalue weighted by Crippen LogP contribution is 2.02.